The van der Waals surface area contributed by atoms with Gasteiger partial charge in [-0.05, 0) is 68.7 Å². The molecular weight excluding hydrogens is 526 g/mol. The Kier molecular flexibility index (Phi) is 10.7. The maximum absolute atomic E-state index is 14.1. The zero-order valence-electron chi connectivity index (χ0n) is 23.8. The van der Waals surface area contributed by atoms with Crippen molar-refractivity contribution in [2.24, 2.45) is 0 Å². The third kappa shape index (κ3) is 7.63. The highest BCUT2D eigenvalue weighted by Crippen LogP contribution is 2.25. The second kappa shape index (κ2) is 14.0. The van der Waals surface area contributed by atoms with Crippen LogP contribution in [0.15, 0.2) is 83.8 Å². The number of hydrogen-bond donors (Lipinski definition) is 1. The van der Waals surface area contributed by atoms with Crippen LogP contribution in [0.25, 0.3) is 0 Å². The van der Waals surface area contributed by atoms with E-state index in [-0.39, 0.29) is 23.4 Å². The second-order valence-corrected chi connectivity index (χ2v) is 11.6. The molecule has 0 aliphatic carbocycles. The standard InChI is InChI=1S/C31H39N3O5S/c1-6-24(4)32-31(36)29(7-2)33(21-25-15-19-27(39-5)20-16-25)30(35)22-34(26-17-13-23(3)14-18-26)40(37,38)28-11-9-8-10-12-28/h8-20,24,29H,6-7,21-22H2,1-5H3,(H,32,36)/t24-,29-/m0/s1. The Morgan fingerprint density at radius 1 is 0.900 bits per heavy atom. The number of carbonyl (C=O) groups is 2. The summed E-state index contributed by atoms with van der Waals surface area (Å²) in [5.41, 5.74) is 2.11. The predicted octanol–water partition coefficient (Wildman–Crippen LogP) is 4.92. The Bertz CT molecular complexity index is 1360. The number of methoxy groups -OCH3 is 1. The number of nitrogens with zero attached hydrogens (tertiary/aromatic N) is 2. The lowest BCUT2D eigenvalue weighted by atomic mass is 10.1. The molecule has 214 valence electrons. The smallest absolute Gasteiger partial charge is 0.264 e. The number of nitrogens with one attached hydrogen (secondary N) is 1. The van der Waals surface area contributed by atoms with E-state index in [1.807, 2.05) is 39.8 Å². The molecule has 40 heavy (non-hydrogen) atoms. The van der Waals surface area contributed by atoms with E-state index in [2.05, 4.69) is 5.32 Å². The number of ether oxygens (including phenoxy) is 1. The van der Waals surface area contributed by atoms with Crippen LogP contribution in [0.5, 0.6) is 5.75 Å². The van der Waals surface area contributed by atoms with Gasteiger partial charge in [-0.25, -0.2) is 8.42 Å². The van der Waals surface area contributed by atoms with Crippen molar-refractivity contribution >= 4 is 27.5 Å². The molecule has 8 nitrogen and oxygen atoms in total. The summed E-state index contributed by atoms with van der Waals surface area (Å²) in [6.45, 7) is 7.29. The number of amides is 2. The molecule has 0 unspecified atom stereocenters. The van der Waals surface area contributed by atoms with Gasteiger partial charge >= 0.3 is 0 Å². The fraction of sp³-hybridized carbons (Fsp3) is 0.355. The van der Waals surface area contributed by atoms with E-state index in [1.54, 1.807) is 61.7 Å². The minimum atomic E-state index is -4.08. The van der Waals surface area contributed by atoms with Gasteiger partial charge in [0.25, 0.3) is 10.0 Å². The average molecular weight is 566 g/mol. The molecule has 0 aliphatic heterocycles. The number of anilines is 1. The largest absolute Gasteiger partial charge is 0.497 e. The summed E-state index contributed by atoms with van der Waals surface area (Å²) < 4.78 is 34.0. The van der Waals surface area contributed by atoms with Gasteiger partial charge in [0, 0.05) is 12.6 Å². The van der Waals surface area contributed by atoms with Crippen LogP contribution < -0.4 is 14.4 Å². The normalized spacial score (nSPS) is 12.7. The van der Waals surface area contributed by atoms with Crippen LogP contribution in [0.1, 0.15) is 44.7 Å². The fourth-order valence-electron chi connectivity index (χ4n) is 4.25. The predicted molar refractivity (Wildman–Crippen MR) is 158 cm³/mol. The van der Waals surface area contributed by atoms with Crippen molar-refractivity contribution in [3.05, 3.63) is 90.0 Å². The summed E-state index contributed by atoms with van der Waals surface area (Å²) in [5, 5.41) is 2.98. The molecular formula is C31H39N3O5S. The lowest BCUT2D eigenvalue weighted by Gasteiger charge is -2.33. The molecule has 3 rings (SSSR count). The summed E-state index contributed by atoms with van der Waals surface area (Å²) in [5.74, 6) is -0.0868. The molecule has 0 saturated carbocycles. The van der Waals surface area contributed by atoms with Crippen LogP contribution in [-0.4, -0.2) is 50.9 Å². The SMILES string of the molecule is CC[C@H](C)NC(=O)[C@H](CC)N(Cc1ccc(OC)cc1)C(=O)CN(c1ccc(C)cc1)S(=O)(=O)c1ccccc1. The zero-order valence-corrected chi connectivity index (χ0v) is 24.6. The number of aryl methyl sites for hydroxylation is 1. The van der Waals surface area contributed by atoms with E-state index in [0.717, 1.165) is 21.9 Å². The number of benzene rings is 3. The molecule has 0 spiro atoms. The maximum Gasteiger partial charge on any atom is 0.264 e. The number of rotatable bonds is 13. The minimum Gasteiger partial charge on any atom is -0.497 e. The Balaban J connectivity index is 2.03. The lowest BCUT2D eigenvalue weighted by molar-refractivity contribution is -0.140. The minimum absolute atomic E-state index is 0.0676. The van der Waals surface area contributed by atoms with E-state index < -0.39 is 28.5 Å². The highest BCUT2D eigenvalue weighted by atomic mass is 32.2. The van der Waals surface area contributed by atoms with Crippen molar-refractivity contribution in [2.75, 3.05) is 18.0 Å². The molecule has 1 N–H and O–H groups in total. The number of sulfonamides is 1. The van der Waals surface area contributed by atoms with Gasteiger partial charge in [-0.15, -0.1) is 0 Å². The van der Waals surface area contributed by atoms with E-state index >= 15 is 0 Å². The second-order valence-electron chi connectivity index (χ2n) is 9.77. The van der Waals surface area contributed by atoms with Gasteiger partial charge in [0.05, 0.1) is 17.7 Å². The first kappa shape index (κ1) is 30.7. The Labute approximate surface area is 238 Å². The molecule has 9 heteroatoms. The van der Waals surface area contributed by atoms with Gasteiger partial charge in [0.15, 0.2) is 0 Å². The summed E-state index contributed by atoms with van der Waals surface area (Å²) in [7, 11) is -2.51. The first-order valence-electron chi connectivity index (χ1n) is 13.5. The number of hydrogen-bond acceptors (Lipinski definition) is 5. The Morgan fingerprint density at radius 3 is 2.08 bits per heavy atom. The van der Waals surface area contributed by atoms with E-state index in [4.69, 9.17) is 4.74 Å². The third-order valence-electron chi connectivity index (χ3n) is 6.83. The molecule has 0 bridgehead atoms. The molecule has 3 aromatic carbocycles. The molecule has 0 aromatic heterocycles. The van der Waals surface area contributed by atoms with Gasteiger partial charge in [-0.2, -0.15) is 0 Å². The van der Waals surface area contributed by atoms with E-state index in [0.29, 0.717) is 17.9 Å². The molecule has 0 aliphatic rings. The first-order chi connectivity index (χ1) is 19.1. The van der Waals surface area contributed by atoms with Gasteiger partial charge in [0.2, 0.25) is 11.8 Å². The Hall–Kier alpha value is -3.85. The highest BCUT2D eigenvalue weighted by Gasteiger charge is 2.33. The lowest BCUT2D eigenvalue weighted by Crippen LogP contribution is -2.53. The molecule has 3 aromatic rings. The van der Waals surface area contributed by atoms with Crippen molar-refractivity contribution in [1.29, 1.82) is 0 Å². The van der Waals surface area contributed by atoms with Gasteiger partial charge in [0.1, 0.15) is 18.3 Å². The highest BCUT2D eigenvalue weighted by molar-refractivity contribution is 7.92. The third-order valence-corrected chi connectivity index (χ3v) is 8.62. The molecule has 2 atom stereocenters. The van der Waals surface area contributed by atoms with Crippen molar-refractivity contribution < 1.29 is 22.7 Å². The van der Waals surface area contributed by atoms with E-state index in [9.17, 15) is 18.0 Å². The van der Waals surface area contributed by atoms with Crippen LogP contribution >= 0.6 is 0 Å². The van der Waals surface area contributed by atoms with Crippen LogP contribution in [0.2, 0.25) is 0 Å². The summed E-state index contributed by atoms with van der Waals surface area (Å²) in [6.07, 6.45) is 1.10. The topological polar surface area (TPSA) is 96.0 Å². The van der Waals surface area contributed by atoms with Gasteiger partial charge in [-0.3, -0.25) is 13.9 Å². The van der Waals surface area contributed by atoms with Gasteiger partial charge < -0.3 is 15.0 Å². The van der Waals surface area contributed by atoms with Crippen LogP contribution in [0.4, 0.5) is 5.69 Å². The van der Waals surface area contributed by atoms with Gasteiger partial charge in [-0.1, -0.05) is 61.9 Å². The van der Waals surface area contributed by atoms with Crippen LogP contribution in [0, 0.1) is 6.92 Å². The van der Waals surface area contributed by atoms with Crippen molar-refractivity contribution in [3.63, 3.8) is 0 Å². The number of carbonyl (C=O) groups excluding carboxylic acids is 2. The van der Waals surface area contributed by atoms with Crippen molar-refractivity contribution in [1.82, 2.24) is 10.2 Å². The monoisotopic (exact) mass is 565 g/mol. The van der Waals surface area contributed by atoms with E-state index in [1.165, 1.54) is 17.0 Å². The fourth-order valence-corrected chi connectivity index (χ4v) is 5.68. The molecule has 2 amide bonds. The maximum atomic E-state index is 14.1. The first-order valence-corrected chi connectivity index (χ1v) is 14.9. The summed E-state index contributed by atoms with van der Waals surface area (Å²) in [4.78, 5) is 29.0. The van der Waals surface area contributed by atoms with Crippen LogP contribution in [-0.2, 0) is 26.2 Å². The Morgan fingerprint density at radius 2 is 1.52 bits per heavy atom. The molecule has 0 saturated heterocycles. The molecule has 0 heterocycles. The summed E-state index contributed by atoms with van der Waals surface area (Å²) in [6, 6.07) is 21.4. The molecule has 0 fully saturated rings. The van der Waals surface area contributed by atoms with Crippen molar-refractivity contribution in [2.45, 2.75) is 64.1 Å². The quantitative estimate of drug-likeness (QED) is 0.317. The average Bonchev–Trinajstić information content (AvgIpc) is 2.96. The molecule has 0 radical (unpaired) electrons. The van der Waals surface area contributed by atoms with Crippen LogP contribution in [0.3, 0.4) is 0 Å². The summed E-state index contributed by atoms with van der Waals surface area (Å²) >= 11 is 0. The zero-order chi connectivity index (χ0) is 29.3. The van der Waals surface area contributed by atoms with Crippen molar-refractivity contribution in [3.8, 4) is 5.75 Å².